The molecule has 1 amide bonds. The first-order chi connectivity index (χ1) is 13.9. The lowest BCUT2D eigenvalue weighted by molar-refractivity contribution is -0.193. The highest BCUT2D eigenvalue weighted by Gasteiger charge is 2.64. The number of carbonyl (C=O) groups excluding carboxylic acids is 1. The van der Waals surface area contributed by atoms with E-state index in [1.165, 1.54) is 49.8 Å². The zero-order valence-electron chi connectivity index (χ0n) is 17.7. The van der Waals surface area contributed by atoms with Crippen LogP contribution in [0.4, 0.5) is 0 Å². The first-order valence-electron chi connectivity index (χ1n) is 12.0. The van der Waals surface area contributed by atoms with E-state index in [1.54, 1.807) is 11.3 Å². The predicted molar refractivity (Wildman–Crippen MR) is 116 cm³/mol. The zero-order chi connectivity index (χ0) is 19.8. The predicted octanol–water partition coefficient (Wildman–Crippen LogP) is 5.01. The number of aryl methyl sites for hydroxylation is 1. The van der Waals surface area contributed by atoms with Gasteiger partial charge in [-0.3, -0.25) is 4.79 Å². The number of hydrogen-bond acceptors (Lipinski definition) is 3. The fourth-order valence-corrected chi connectivity index (χ4v) is 9.85. The molecular formula is C25H35NO2S. The van der Waals surface area contributed by atoms with E-state index in [0.29, 0.717) is 23.7 Å². The van der Waals surface area contributed by atoms with Crippen LogP contribution in [0, 0.1) is 47.8 Å². The third-order valence-corrected chi connectivity index (χ3v) is 10.8. The maximum atomic E-state index is 13.8. The van der Waals surface area contributed by atoms with E-state index in [0.717, 1.165) is 42.5 Å². The van der Waals surface area contributed by atoms with Gasteiger partial charge in [-0.05, 0) is 112 Å². The molecule has 0 aromatic carbocycles. The summed E-state index contributed by atoms with van der Waals surface area (Å²) in [4.78, 5) is 15.9. The Morgan fingerprint density at radius 2 is 1.76 bits per heavy atom. The summed E-state index contributed by atoms with van der Waals surface area (Å²) in [5.74, 6) is 4.37. The van der Waals surface area contributed by atoms with Crippen molar-refractivity contribution in [2.75, 3.05) is 6.54 Å². The minimum Gasteiger partial charge on any atom is -0.374 e. The standard InChI is InChI=1S/C25H35NO2S/c1-15-2-5-22(29-15)25(28,23(27)26-14-21-10-16-3-4-20(21)9-16)24-11-17-6-18(12-24)8-19(7-17)13-24/h2,5,16-21,28H,3-4,6-14H2,1H3,(H,26,27). The van der Waals surface area contributed by atoms with Crippen LogP contribution >= 0.6 is 11.3 Å². The number of rotatable bonds is 5. The maximum absolute atomic E-state index is 13.8. The number of amides is 1. The molecule has 1 heterocycles. The molecule has 0 saturated heterocycles. The van der Waals surface area contributed by atoms with Crippen LogP contribution in [0.5, 0.6) is 0 Å². The van der Waals surface area contributed by atoms with Crippen LogP contribution < -0.4 is 5.32 Å². The van der Waals surface area contributed by atoms with E-state index in [9.17, 15) is 9.90 Å². The van der Waals surface area contributed by atoms with Gasteiger partial charge in [0.2, 0.25) is 0 Å². The molecule has 0 spiro atoms. The topological polar surface area (TPSA) is 49.3 Å². The second kappa shape index (κ2) is 6.56. The average Bonchev–Trinajstić information content (AvgIpc) is 3.41. The third-order valence-electron chi connectivity index (χ3n) is 9.64. The van der Waals surface area contributed by atoms with Crippen molar-refractivity contribution >= 4 is 17.2 Å². The van der Waals surface area contributed by atoms with Crippen molar-refractivity contribution in [1.29, 1.82) is 0 Å². The van der Waals surface area contributed by atoms with Gasteiger partial charge >= 0.3 is 0 Å². The molecule has 6 aliphatic carbocycles. The van der Waals surface area contributed by atoms with Gasteiger partial charge in [-0.15, -0.1) is 11.3 Å². The lowest BCUT2D eigenvalue weighted by Gasteiger charge is -2.61. The molecule has 1 aromatic heterocycles. The molecule has 7 rings (SSSR count). The molecule has 0 aliphatic heterocycles. The number of nitrogens with one attached hydrogen (secondary N) is 1. The number of carbonyl (C=O) groups is 1. The quantitative estimate of drug-likeness (QED) is 0.713. The van der Waals surface area contributed by atoms with Gasteiger partial charge in [0.1, 0.15) is 0 Å². The summed E-state index contributed by atoms with van der Waals surface area (Å²) in [5, 5.41) is 15.6. The first-order valence-corrected chi connectivity index (χ1v) is 12.8. The second-order valence-corrected chi connectivity index (χ2v) is 12.8. The molecule has 4 unspecified atom stereocenters. The highest BCUT2D eigenvalue weighted by molar-refractivity contribution is 7.12. The molecule has 4 heteroatoms. The first kappa shape index (κ1) is 18.9. The van der Waals surface area contributed by atoms with Crippen LogP contribution in [0.2, 0.25) is 0 Å². The molecule has 0 radical (unpaired) electrons. The van der Waals surface area contributed by atoms with E-state index in [1.807, 2.05) is 6.07 Å². The van der Waals surface area contributed by atoms with Gasteiger partial charge in [-0.2, -0.15) is 0 Å². The molecule has 3 nitrogen and oxygen atoms in total. The lowest BCUT2D eigenvalue weighted by Crippen LogP contribution is -2.62. The summed E-state index contributed by atoms with van der Waals surface area (Å²) in [7, 11) is 0. The lowest BCUT2D eigenvalue weighted by atomic mass is 9.45. The Labute approximate surface area is 178 Å². The van der Waals surface area contributed by atoms with E-state index < -0.39 is 5.60 Å². The molecule has 2 N–H and O–H groups in total. The molecule has 6 bridgehead atoms. The molecule has 6 saturated carbocycles. The summed E-state index contributed by atoms with van der Waals surface area (Å²) in [6, 6.07) is 4.12. The number of thiophene rings is 1. The van der Waals surface area contributed by atoms with Crippen molar-refractivity contribution in [3.63, 3.8) is 0 Å². The van der Waals surface area contributed by atoms with Gasteiger partial charge < -0.3 is 10.4 Å². The van der Waals surface area contributed by atoms with Gasteiger partial charge in [0.25, 0.3) is 5.91 Å². The third kappa shape index (κ3) is 2.81. The average molecular weight is 414 g/mol. The monoisotopic (exact) mass is 413 g/mol. The minimum atomic E-state index is -1.35. The number of hydrogen-bond donors (Lipinski definition) is 2. The van der Waals surface area contributed by atoms with Gasteiger partial charge in [0.15, 0.2) is 5.60 Å². The molecule has 158 valence electrons. The summed E-state index contributed by atoms with van der Waals surface area (Å²) in [6.45, 7) is 2.85. The second-order valence-electron chi connectivity index (χ2n) is 11.5. The normalized spacial score (nSPS) is 44.2. The van der Waals surface area contributed by atoms with Crippen molar-refractivity contribution in [1.82, 2.24) is 5.32 Å². The van der Waals surface area contributed by atoms with Crippen LogP contribution in [-0.4, -0.2) is 17.6 Å². The molecule has 1 aromatic rings. The van der Waals surface area contributed by atoms with Crippen molar-refractivity contribution in [3.8, 4) is 0 Å². The summed E-state index contributed by atoms with van der Waals surface area (Å²) < 4.78 is 0. The fourth-order valence-electron chi connectivity index (χ4n) is 8.77. The van der Waals surface area contributed by atoms with Crippen LogP contribution in [0.25, 0.3) is 0 Å². The summed E-state index contributed by atoms with van der Waals surface area (Å²) >= 11 is 1.63. The van der Waals surface area contributed by atoms with Crippen LogP contribution in [0.1, 0.15) is 74.0 Å². The Morgan fingerprint density at radius 3 is 2.28 bits per heavy atom. The molecule has 29 heavy (non-hydrogen) atoms. The maximum Gasteiger partial charge on any atom is 0.258 e. The number of fused-ring (bicyclic) bond motifs is 2. The van der Waals surface area contributed by atoms with E-state index in [4.69, 9.17) is 0 Å². The molecular weight excluding hydrogens is 378 g/mol. The molecule has 6 aliphatic rings. The van der Waals surface area contributed by atoms with Crippen LogP contribution in [0.3, 0.4) is 0 Å². The Balaban J connectivity index is 1.30. The van der Waals surface area contributed by atoms with E-state index in [2.05, 4.69) is 18.3 Å². The fraction of sp³-hybridized carbons (Fsp3) is 0.800. The Hall–Kier alpha value is -0.870. The van der Waals surface area contributed by atoms with Crippen LogP contribution in [0.15, 0.2) is 12.1 Å². The van der Waals surface area contributed by atoms with Crippen molar-refractivity contribution in [3.05, 3.63) is 21.9 Å². The van der Waals surface area contributed by atoms with Crippen molar-refractivity contribution in [2.45, 2.75) is 76.7 Å². The van der Waals surface area contributed by atoms with Crippen LogP contribution in [-0.2, 0) is 10.4 Å². The largest absolute Gasteiger partial charge is 0.374 e. The van der Waals surface area contributed by atoms with Crippen molar-refractivity contribution in [2.24, 2.45) is 40.9 Å². The smallest absolute Gasteiger partial charge is 0.258 e. The molecule has 6 fully saturated rings. The number of aliphatic hydroxyl groups is 1. The van der Waals surface area contributed by atoms with Gasteiger partial charge in [-0.1, -0.05) is 6.42 Å². The van der Waals surface area contributed by atoms with Gasteiger partial charge in [0.05, 0.1) is 0 Å². The van der Waals surface area contributed by atoms with Gasteiger partial charge in [0, 0.05) is 21.7 Å². The SMILES string of the molecule is Cc1ccc(C(O)(C(=O)NCC2CC3CCC2C3)C23CC4CC(CC(C4)C2)C3)s1. The minimum absolute atomic E-state index is 0.0935. The Bertz CT molecular complexity index is 780. The van der Waals surface area contributed by atoms with E-state index >= 15 is 0 Å². The summed E-state index contributed by atoms with van der Waals surface area (Å²) in [6.07, 6.45) is 12.5. The Morgan fingerprint density at radius 1 is 1.07 bits per heavy atom. The Kier molecular flexibility index (Phi) is 4.27. The van der Waals surface area contributed by atoms with Crippen molar-refractivity contribution < 1.29 is 9.90 Å². The highest BCUT2D eigenvalue weighted by Crippen LogP contribution is 2.66. The summed E-state index contributed by atoms with van der Waals surface area (Å²) in [5.41, 5.74) is -1.60. The zero-order valence-corrected chi connectivity index (χ0v) is 18.5. The van der Waals surface area contributed by atoms with Gasteiger partial charge in [-0.25, -0.2) is 0 Å². The van der Waals surface area contributed by atoms with E-state index in [-0.39, 0.29) is 11.3 Å². The highest BCUT2D eigenvalue weighted by atomic mass is 32.1. The molecule has 4 atom stereocenters.